The second-order valence-electron chi connectivity index (χ2n) is 7.06. The molecule has 118 valence electrons. The van der Waals surface area contributed by atoms with Crippen LogP contribution in [0.25, 0.3) is 0 Å². The number of amides is 1. The molecule has 4 heteroatoms. The fourth-order valence-corrected chi connectivity index (χ4v) is 4.14. The van der Waals surface area contributed by atoms with Crippen molar-refractivity contribution in [1.82, 2.24) is 4.90 Å². The second-order valence-corrected chi connectivity index (χ2v) is 7.06. The van der Waals surface area contributed by atoms with E-state index in [-0.39, 0.29) is 11.9 Å². The van der Waals surface area contributed by atoms with Crippen LogP contribution in [-0.4, -0.2) is 36.5 Å². The normalized spacial score (nSPS) is 29.6. The van der Waals surface area contributed by atoms with Gasteiger partial charge in [-0.2, -0.15) is 5.26 Å². The van der Waals surface area contributed by atoms with Crippen LogP contribution in [0.1, 0.15) is 52.4 Å². The number of nitriles is 1. The van der Waals surface area contributed by atoms with Crippen molar-refractivity contribution in [2.45, 2.75) is 58.4 Å². The van der Waals surface area contributed by atoms with Gasteiger partial charge >= 0.3 is 0 Å². The summed E-state index contributed by atoms with van der Waals surface area (Å²) in [4.78, 5) is 14.0. The highest BCUT2D eigenvalue weighted by Crippen LogP contribution is 2.34. The van der Waals surface area contributed by atoms with Gasteiger partial charge in [-0.3, -0.25) is 4.79 Å². The van der Waals surface area contributed by atoms with E-state index in [1.165, 1.54) is 25.7 Å². The Hall–Kier alpha value is -1.08. The van der Waals surface area contributed by atoms with E-state index < -0.39 is 0 Å². The summed E-state index contributed by atoms with van der Waals surface area (Å²) in [6.45, 7) is 7.01. The molecule has 3 atom stereocenters. The smallest absolute Gasteiger partial charge is 0.278 e. The molecule has 2 N–H and O–H groups in total. The number of hydrogen-bond acceptors (Lipinski definition) is 2. The maximum atomic E-state index is 12.2. The molecule has 0 aromatic carbocycles. The molecule has 0 radical (unpaired) electrons. The predicted octanol–water partition coefficient (Wildman–Crippen LogP) is 1.53. The molecule has 0 aromatic heterocycles. The number of nitrogens with zero attached hydrogens (tertiary/aromatic N) is 2. The molecular weight excluding hydrogens is 262 g/mol. The Balaban J connectivity index is 1.75. The molecule has 1 heterocycles. The lowest BCUT2D eigenvalue weighted by Gasteiger charge is -2.33. The van der Waals surface area contributed by atoms with Gasteiger partial charge in [0, 0.05) is 12.5 Å². The monoisotopic (exact) mass is 292 g/mol. The van der Waals surface area contributed by atoms with Gasteiger partial charge in [0.1, 0.15) is 6.04 Å². The molecule has 1 aliphatic carbocycles. The van der Waals surface area contributed by atoms with Gasteiger partial charge in [0.2, 0.25) is 0 Å². The van der Waals surface area contributed by atoms with E-state index in [0.29, 0.717) is 6.54 Å². The summed E-state index contributed by atoms with van der Waals surface area (Å²) in [6.07, 6.45) is 7.21. The molecule has 1 amide bonds. The fourth-order valence-electron chi connectivity index (χ4n) is 4.14. The number of carbonyl (C=O) groups excluding carboxylic acids is 1. The molecular formula is C17H30N3O+. The molecule has 2 aliphatic rings. The quantitative estimate of drug-likeness (QED) is 0.835. The van der Waals surface area contributed by atoms with Crippen LogP contribution in [0.3, 0.4) is 0 Å². The zero-order chi connectivity index (χ0) is 15.2. The topological polar surface area (TPSA) is 60.7 Å². The highest BCUT2D eigenvalue weighted by Gasteiger charge is 2.31. The Morgan fingerprint density at radius 2 is 2.05 bits per heavy atom. The van der Waals surface area contributed by atoms with Crippen LogP contribution in [0.2, 0.25) is 0 Å². The molecule has 2 fully saturated rings. The van der Waals surface area contributed by atoms with Gasteiger partial charge in [0.15, 0.2) is 6.54 Å². The lowest BCUT2D eigenvalue weighted by atomic mass is 9.73. The number of hydrogen-bond donors (Lipinski definition) is 1. The summed E-state index contributed by atoms with van der Waals surface area (Å²) in [5, 5.41) is 11.2. The van der Waals surface area contributed by atoms with Crippen molar-refractivity contribution in [1.29, 1.82) is 5.26 Å². The largest absolute Gasteiger partial charge is 0.338 e. The van der Waals surface area contributed by atoms with Crippen molar-refractivity contribution >= 4 is 5.91 Å². The summed E-state index contributed by atoms with van der Waals surface area (Å²) < 4.78 is 0. The van der Waals surface area contributed by atoms with E-state index in [2.05, 4.69) is 25.2 Å². The number of rotatable bonds is 5. The third-order valence-corrected chi connectivity index (χ3v) is 5.33. The van der Waals surface area contributed by atoms with Crippen molar-refractivity contribution in [2.24, 2.45) is 17.8 Å². The lowest BCUT2D eigenvalue weighted by Crippen LogP contribution is -2.88. The minimum atomic E-state index is -0.177. The van der Waals surface area contributed by atoms with Crippen LogP contribution in [-0.2, 0) is 4.79 Å². The van der Waals surface area contributed by atoms with E-state index in [1.807, 2.05) is 0 Å². The highest BCUT2D eigenvalue weighted by molar-refractivity contribution is 5.78. The van der Waals surface area contributed by atoms with E-state index in [4.69, 9.17) is 5.26 Å². The molecule has 1 saturated carbocycles. The Kier molecular flexibility index (Phi) is 6.05. The van der Waals surface area contributed by atoms with E-state index >= 15 is 0 Å². The molecule has 1 saturated heterocycles. The Morgan fingerprint density at radius 3 is 2.76 bits per heavy atom. The SMILES string of the molecule is CC(C)[C@H]1CCCCC1C[NH2+]CC(=O)N1CCC[C@H]1C#N. The van der Waals surface area contributed by atoms with E-state index in [9.17, 15) is 4.79 Å². The number of carbonyl (C=O) groups is 1. The van der Waals surface area contributed by atoms with Gasteiger partial charge in [-0.25, -0.2) is 0 Å². The van der Waals surface area contributed by atoms with Crippen LogP contribution in [0.4, 0.5) is 0 Å². The summed E-state index contributed by atoms with van der Waals surface area (Å²) >= 11 is 0. The first-order valence-electron chi connectivity index (χ1n) is 8.64. The zero-order valence-corrected chi connectivity index (χ0v) is 13.6. The van der Waals surface area contributed by atoms with Gasteiger partial charge in [-0.1, -0.05) is 26.7 Å². The highest BCUT2D eigenvalue weighted by atomic mass is 16.2. The minimum Gasteiger partial charge on any atom is -0.338 e. The second kappa shape index (κ2) is 7.79. The van der Waals surface area contributed by atoms with Crippen molar-refractivity contribution < 1.29 is 10.1 Å². The predicted molar refractivity (Wildman–Crippen MR) is 82.3 cm³/mol. The molecule has 2 rings (SSSR count). The fraction of sp³-hybridized carbons (Fsp3) is 0.882. The van der Waals surface area contributed by atoms with Gasteiger partial charge < -0.3 is 10.2 Å². The van der Waals surface area contributed by atoms with Crippen LogP contribution in [0.15, 0.2) is 0 Å². The third kappa shape index (κ3) is 4.20. The standard InChI is InChI=1S/C17H29N3O/c1-13(2)16-8-4-3-6-14(16)11-19-12-17(21)20-9-5-7-15(20)10-18/h13-16,19H,3-9,11-12H2,1-2H3/p+1/t14?,15-,16+/m0/s1. The van der Waals surface area contributed by atoms with E-state index in [0.717, 1.165) is 43.7 Å². The van der Waals surface area contributed by atoms with Crippen molar-refractivity contribution in [3.8, 4) is 6.07 Å². The first-order valence-corrected chi connectivity index (χ1v) is 8.64. The first kappa shape index (κ1) is 16.3. The summed E-state index contributed by atoms with van der Waals surface area (Å²) in [6, 6.07) is 2.07. The van der Waals surface area contributed by atoms with Crippen molar-refractivity contribution in [2.75, 3.05) is 19.6 Å². The zero-order valence-electron chi connectivity index (χ0n) is 13.6. The Bertz CT molecular complexity index is 388. The molecule has 1 unspecified atom stereocenters. The molecule has 0 aromatic rings. The number of nitrogens with two attached hydrogens (primary N) is 1. The maximum Gasteiger partial charge on any atom is 0.278 e. The Morgan fingerprint density at radius 1 is 1.29 bits per heavy atom. The average Bonchev–Trinajstić information content (AvgIpc) is 2.96. The molecule has 4 nitrogen and oxygen atoms in total. The van der Waals surface area contributed by atoms with Gasteiger partial charge in [-0.05, 0) is 37.5 Å². The lowest BCUT2D eigenvalue weighted by molar-refractivity contribution is -0.652. The minimum absolute atomic E-state index is 0.149. The summed E-state index contributed by atoms with van der Waals surface area (Å²) in [7, 11) is 0. The molecule has 21 heavy (non-hydrogen) atoms. The van der Waals surface area contributed by atoms with Gasteiger partial charge in [0.05, 0.1) is 12.6 Å². The number of likely N-dealkylation sites (tertiary alicyclic amines) is 1. The van der Waals surface area contributed by atoms with Crippen LogP contribution >= 0.6 is 0 Å². The van der Waals surface area contributed by atoms with Gasteiger partial charge in [0.25, 0.3) is 5.91 Å². The van der Waals surface area contributed by atoms with E-state index in [1.54, 1.807) is 4.90 Å². The first-order chi connectivity index (χ1) is 10.1. The van der Waals surface area contributed by atoms with Crippen LogP contribution < -0.4 is 5.32 Å². The van der Waals surface area contributed by atoms with Crippen molar-refractivity contribution in [3.63, 3.8) is 0 Å². The molecule has 0 bridgehead atoms. The molecule has 1 aliphatic heterocycles. The number of quaternary nitrogens is 1. The summed E-state index contributed by atoms with van der Waals surface area (Å²) in [5.74, 6) is 2.48. The third-order valence-electron chi connectivity index (χ3n) is 5.33. The maximum absolute atomic E-state index is 12.2. The van der Waals surface area contributed by atoms with Gasteiger partial charge in [-0.15, -0.1) is 0 Å². The van der Waals surface area contributed by atoms with Crippen LogP contribution in [0, 0.1) is 29.1 Å². The summed E-state index contributed by atoms with van der Waals surface area (Å²) in [5.41, 5.74) is 0. The Labute approximate surface area is 128 Å². The van der Waals surface area contributed by atoms with Crippen molar-refractivity contribution in [3.05, 3.63) is 0 Å². The average molecular weight is 292 g/mol. The molecule has 0 spiro atoms. The van der Waals surface area contributed by atoms with Crippen LogP contribution in [0.5, 0.6) is 0 Å².